The smallest absolute Gasteiger partial charge is 0.243 e. The second kappa shape index (κ2) is 5.71. The maximum absolute atomic E-state index is 12.9. The summed E-state index contributed by atoms with van der Waals surface area (Å²) in [5, 5.41) is 3.16. The highest BCUT2D eigenvalue weighted by atomic mass is 32.2. The molecule has 1 aliphatic heterocycles. The third kappa shape index (κ3) is 3.30. The Morgan fingerprint density at radius 1 is 1.29 bits per heavy atom. The number of hydrogen-bond acceptors (Lipinski definition) is 3. The lowest BCUT2D eigenvalue weighted by Crippen LogP contribution is -2.34. The minimum absolute atomic E-state index is 0.0590. The summed E-state index contributed by atoms with van der Waals surface area (Å²) < 4.78 is 27.4. The normalized spacial score (nSPS) is 20.9. The van der Waals surface area contributed by atoms with Gasteiger partial charge in [-0.25, -0.2) is 8.42 Å². The van der Waals surface area contributed by atoms with Gasteiger partial charge in [0.2, 0.25) is 10.0 Å². The third-order valence-electron chi connectivity index (χ3n) is 4.23. The van der Waals surface area contributed by atoms with E-state index in [1.165, 1.54) is 0 Å². The Kier molecular flexibility index (Phi) is 4.47. The van der Waals surface area contributed by atoms with Crippen LogP contribution in [0.3, 0.4) is 0 Å². The summed E-state index contributed by atoms with van der Waals surface area (Å²) in [6.07, 6.45) is 0.869. The molecule has 0 radical (unpaired) electrons. The van der Waals surface area contributed by atoms with E-state index in [9.17, 15) is 8.42 Å². The summed E-state index contributed by atoms with van der Waals surface area (Å²) in [7, 11) is -1.52. The quantitative estimate of drug-likeness (QED) is 0.932. The number of likely N-dealkylation sites (N-methyl/N-ethyl adjacent to an activating group) is 1. The zero-order valence-corrected chi connectivity index (χ0v) is 14.4. The van der Waals surface area contributed by atoms with Crippen LogP contribution in [0.1, 0.15) is 38.3 Å². The predicted octanol–water partition coefficient (Wildman–Crippen LogP) is 2.27. The van der Waals surface area contributed by atoms with Crippen LogP contribution in [-0.4, -0.2) is 38.9 Å². The molecule has 4 nitrogen and oxygen atoms in total. The van der Waals surface area contributed by atoms with Crippen molar-refractivity contribution in [2.45, 2.75) is 50.5 Å². The lowest BCUT2D eigenvalue weighted by molar-refractivity contribution is 0.464. The van der Waals surface area contributed by atoms with Crippen LogP contribution >= 0.6 is 0 Å². The van der Waals surface area contributed by atoms with Crippen LogP contribution in [0, 0.1) is 6.92 Å². The fraction of sp³-hybridized carbons (Fsp3) is 0.625. The maximum atomic E-state index is 12.9. The molecule has 5 heteroatoms. The Morgan fingerprint density at radius 3 is 2.48 bits per heavy atom. The van der Waals surface area contributed by atoms with E-state index in [2.05, 4.69) is 26.1 Å². The van der Waals surface area contributed by atoms with Crippen molar-refractivity contribution in [1.82, 2.24) is 9.62 Å². The van der Waals surface area contributed by atoms with Crippen LogP contribution in [0.2, 0.25) is 0 Å². The molecule has 1 fully saturated rings. The molecule has 0 bridgehead atoms. The molecule has 1 unspecified atom stereocenters. The average molecular weight is 310 g/mol. The Bertz CT molecular complexity index is 618. The summed E-state index contributed by atoms with van der Waals surface area (Å²) in [5.74, 6) is 0. The van der Waals surface area contributed by atoms with Gasteiger partial charge in [0.25, 0.3) is 0 Å². The molecule has 118 valence electrons. The second-order valence-electron chi connectivity index (χ2n) is 6.87. The topological polar surface area (TPSA) is 49.4 Å². The predicted molar refractivity (Wildman–Crippen MR) is 86.1 cm³/mol. The fourth-order valence-corrected chi connectivity index (χ4v) is 4.42. The number of rotatable bonds is 3. The molecule has 1 aliphatic rings. The zero-order valence-electron chi connectivity index (χ0n) is 13.6. The van der Waals surface area contributed by atoms with Crippen molar-refractivity contribution >= 4 is 10.0 Å². The van der Waals surface area contributed by atoms with E-state index in [4.69, 9.17) is 0 Å². The van der Waals surface area contributed by atoms with Crippen LogP contribution in [0.5, 0.6) is 0 Å². The molecule has 2 rings (SSSR count). The first kappa shape index (κ1) is 16.5. The molecule has 0 amide bonds. The zero-order chi connectivity index (χ0) is 15.8. The van der Waals surface area contributed by atoms with Gasteiger partial charge in [0.15, 0.2) is 0 Å². The number of benzene rings is 1. The van der Waals surface area contributed by atoms with E-state index >= 15 is 0 Å². The van der Waals surface area contributed by atoms with Crippen molar-refractivity contribution in [3.05, 3.63) is 29.3 Å². The molecule has 1 aromatic rings. The number of nitrogens with zero attached hydrogens (tertiary/aromatic N) is 1. The highest BCUT2D eigenvalue weighted by Gasteiger charge is 2.33. The molecule has 0 spiro atoms. The molecule has 0 aromatic heterocycles. The molecule has 1 atom stereocenters. The van der Waals surface area contributed by atoms with Crippen molar-refractivity contribution in [2.24, 2.45) is 0 Å². The second-order valence-corrected chi connectivity index (χ2v) is 8.77. The van der Waals surface area contributed by atoms with Gasteiger partial charge in [-0.1, -0.05) is 32.9 Å². The van der Waals surface area contributed by atoms with Crippen molar-refractivity contribution in [3.8, 4) is 0 Å². The molecule has 0 saturated carbocycles. The minimum Gasteiger partial charge on any atom is -0.316 e. The SMILES string of the molecule is CNC1CCN(S(=O)(=O)c2cc(C(C)(C)C)ccc2C)C1. The standard InChI is InChI=1S/C16H26N2O2S/c1-12-6-7-13(16(2,3)4)10-15(12)21(19,20)18-9-8-14(11-18)17-5/h6-7,10,14,17H,8-9,11H2,1-5H3. The van der Waals surface area contributed by atoms with E-state index in [0.717, 1.165) is 17.5 Å². The first-order valence-corrected chi connectivity index (χ1v) is 8.89. The molecule has 1 heterocycles. The summed E-state index contributed by atoms with van der Waals surface area (Å²) in [5.41, 5.74) is 1.81. The Labute approximate surface area is 128 Å². The van der Waals surface area contributed by atoms with E-state index in [1.54, 1.807) is 4.31 Å². The van der Waals surface area contributed by atoms with Crippen molar-refractivity contribution in [1.29, 1.82) is 0 Å². The van der Waals surface area contributed by atoms with Crippen molar-refractivity contribution in [2.75, 3.05) is 20.1 Å². The van der Waals surface area contributed by atoms with Gasteiger partial charge in [-0.15, -0.1) is 0 Å². The van der Waals surface area contributed by atoms with Gasteiger partial charge in [-0.2, -0.15) is 4.31 Å². The van der Waals surface area contributed by atoms with Crippen LogP contribution in [-0.2, 0) is 15.4 Å². The van der Waals surface area contributed by atoms with Gasteiger partial charge in [0.05, 0.1) is 4.90 Å². The van der Waals surface area contributed by atoms with Crippen LogP contribution in [0.15, 0.2) is 23.1 Å². The van der Waals surface area contributed by atoms with Crippen molar-refractivity contribution < 1.29 is 8.42 Å². The fourth-order valence-electron chi connectivity index (χ4n) is 2.67. The summed E-state index contributed by atoms with van der Waals surface area (Å²) >= 11 is 0. The Balaban J connectivity index is 2.41. The molecular formula is C16H26N2O2S. The molecule has 1 aromatic carbocycles. The van der Waals surface area contributed by atoms with Crippen LogP contribution in [0.4, 0.5) is 0 Å². The van der Waals surface area contributed by atoms with E-state index < -0.39 is 10.0 Å². The monoisotopic (exact) mass is 310 g/mol. The van der Waals surface area contributed by atoms with E-state index in [1.807, 2.05) is 32.2 Å². The van der Waals surface area contributed by atoms with Gasteiger partial charge in [0, 0.05) is 19.1 Å². The Hall–Kier alpha value is -0.910. The average Bonchev–Trinajstić information content (AvgIpc) is 2.87. The van der Waals surface area contributed by atoms with Crippen LogP contribution in [0.25, 0.3) is 0 Å². The van der Waals surface area contributed by atoms with Gasteiger partial charge in [-0.3, -0.25) is 0 Å². The first-order valence-electron chi connectivity index (χ1n) is 7.45. The number of nitrogens with one attached hydrogen (secondary N) is 1. The third-order valence-corrected chi connectivity index (χ3v) is 6.24. The van der Waals surface area contributed by atoms with E-state index in [-0.39, 0.29) is 11.5 Å². The van der Waals surface area contributed by atoms with Gasteiger partial charge >= 0.3 is 0 Å². The minimum atomic E-state index is -3.40. The molecule has 0 aliphatic carbocycles. The maximum Gasteiger partial charge on any atom is 0.243 e. The van der Waals surface area contributed by atoms with Gasteiger partial charge in [-0.05, 0) is 43.0 Å². The van der Waals surface area contributed by atoms with Gasteiger partial charge < -0.3 is 5.32 Å². The van der Waals surface area contributed by atoms with Crippen molar-refractivity contribution in [3.63, 3.8) is 0 Å². The summed E-state index contributed by atoms with van der Waals surface area (Å²) in [6.45, 7) is 9.30. The first-order chi connectivity index (χ1) is 9.66. The van der Waals surface area contributed by atoms with Gasteiger partial charge in [0.1, 0.15) is 0 Å². The number of sulfonamides is 1. The Morgan fingerprint density at radius 2 is 1.95 bits per heavy atom. The molecule has 21 heavy (non-hydrogen) atoms. The molecular weight excluding hydrogens is 284 g/mol. The number of aryl methyl sites for hydroxylation is 1. The van der Waals surface area contributed by atoms with Crippen LogP contribution < -0.4 is 5.32 Å². The number of hydrogen-bond donors (Lipinski definition) is 1. The highest BCUT2D eigenvalue weighted by molar-refractivity contribution is 7.89. The lowest BCUT2D eigenvalue weighted by atomic mass is 9.87. The molecule has 1 N–H and O–H groups in total. The summed E-state index contributed by atoms with van der Waals surface area (Å²) in [4.78, 5) is 0.451. The van der Waals surface area contributed by atoms with E-state index in [0.29, 0.717) is 18.0 Å². The lowest BCUT2D eigenvalue weighted by Gasteiger charge is -2.23. The largest absolute Gasteiger partial charge is 0.316 e. The summed E-state index contributed by atoms with van der Waals surface area (Å²) in [6, 6.07) is 6.04. The molecule has 1 saturated heterocycles. The highest BCUT2D eigenvalue weighted by Crippen LogP contribution is 2.29.